The molecule has 0 atom stereocenters. The monoisotopic (exact) mass is 1440 g/mol. The lowest BCUT2D eigenvalue weighted by Gasteiger charge is -2.46. The molecule has 2 aliphatic rings. The molecule has 14 aromatic rings. The summed E-state index contributed by atoms with van der Waals surface area (Å²) in [7, 11) is 0. The Morgan fingerprint density at radius 1 is 0.255 bits per heavy atom. The Hall–Kier alpha value is -10.7. The van der Waals surface area contributed by atoms with Crippen LogP contribution in [0.3, 0.4) is 0 Å². The molecule has 0 fully saturated rings. The second-order valence-electron chi connectivity index (χ2n) is 38.2. The third kappa shape index (κ3) is 13.2. The molecule has 110 heavy (non-hydrogen) atoms. The molecule has 0 saturated heterocycles. The van der Waals surface area contributed by atoms with Crippen molar-refractivity contribution in [2.75, 3.05) is 9.80 Å². The van der Waals surface area contributed by atoms with E-state index in [2.05, 4.69) is 374 Å². The summed E-state index contributed by atoms with van der Waals surface area (Å²) in [6.07, 6.45) is 0. The molecular formula is C106H108BN3. The van der Waals surface area contributed by atoms with Crippen molar-refractivity contribution in [3.8, 4) is 72.4 Å². The van der Waals surface area contributed by atoms with Crippen LogP contribution < -0.4 is 26.2 Å². The molecule has 4 heteroatoms. The third-order valence-electron chi connectivity index (χ3n) is 23.2. The van der Waals surface area contributed by atoms with Crippen LogP contribution in [0.1, 0.15) is 195 Å². The Kier molecular flexibility index (Phi) is 15.5. The first-order valence-electron chi connectivity index (χ1n) is 43.3. The summed E-state index contributed by atoms with van der Waals surface area (Å²) >= 11 is 0. The highest BCUT2D eigenvalue weighted by molar-refractivity contribution is 7.00. The normalized spacial score (nSPS) is 14.5. The SMILES string of the molecule is [2H]c1c([2H])c([2H])c2c(c1[2H])c1c([2H])c([2H])c([2H])c([2H])c1n2-c1ccc2c(c1)N(c1c(-c3ccc(C(C)(C)C)cc3)cc(C(C)(C)C)cc1-c1ccc(C(C)(C)C)cc1)c1cc(-c3ccc(C(C)(C)C)cc3)cc3c1B2c1cc(-c2ccccc2)ccc1N3c1c(-c2ccc(C(C)(C)C)cc2)cc(C(C)(C)C)cc1-c1ccc(C(C)(C)C)cc1. The molecule has 13 aromatic carbocycles. The van der Waals surface area contributed by atoms with Crippen LogP contribution in [-0.2, 0) is 37.9 Å². The number of para-hydroxylation sites is 2. The zero-order valence-corrected chi connectivity index (χ0v) is 68.3. The van der Waals surface area contributed by atoms with Crippen LogP contribution in [0.4, 0.5) is 34.1 Å². The number of nitrogens with zero attached hydrogens (tertiary/aromatic N) is 3. The molecule has 0 radical (unpaired) electrons. The van der Waals surface area contributed by atoms with E-state index in [0.717, 1.165) is 123 Å². The zero-order valence-electron chi connectivity index (χ0n) is 76.3. The van der Waals surface area contributed by atoms with E-state index in [9.17, 15) is 11.0 Å². The number of anilines is 6. The fraction of sp³-hybridized carbons (Fsp3) is 0.264. The number of hydrogen-bond donors (Lipinski definition) is 0. The van der Waals surface area contributed by atoms with Crippen LogP contribution in [0.5, 0.6) is 0 Å². The van der Waals surface area contributed by atoms with E-state index in [1.807, 2.05) is 6.07 Å². The summed E-state index contributed by atoms with van der Waals surface area (Å²) in [6, 6.07) is 81.2. The van der Waals surface area contributed by atoms with Gasteiger partial charge in [-0.1, -0.05) is 352 Å². The minimum absolute atomic E-state index is 0.0127. The van der Waals surface area contributed by atoms with Gasteiger partial charge in [-0.25, -0.2) is 0 Å². The molecule has 2 aliphatic heterocycles. The molecule has 3 nitrogen and oxygen atoms in total. The number of fused-ring (bicyclic) bond motifs is 7. The fourth-order valence-electron chi connectivity index (χ4n) is 16.5. The predicted molar refractivity (Wildman–Crippen MR) is 478 cm³/mol. The van der Waals surface area contributed by atoms with Crippen LogP contribution in [0, 0.1) is 0 Å². The van der Waals surface area contributed by atoms with E-state index in [1.165, 1.54) is 33.4 Å². The Bertz CT molecular complexity index is 6150. The highest BCUT2D eigenvalue weighted by atomic mass is 15.2. The van der Waals surface area contributed by atoms with Gasteiger partial charge in [-0.15, -0.1) is 0 Å². The lowest BCUT2D eigenvalue weighted by molar-refractivity contribution is 0.589. The molecule has 0 unspecified atom stereocenters. The van der Waals surface area contributed by atoms with Gasteiger partial charge in [0.25, 0.3) is 6.71 Å². The molecule has 16 rings (SSSR count). The van der Waals surface area contributed by atoms with Crippen LogP contribution >= 0.6 is 0 Å². The highest BCUT2D eigenvalue weighted by Gasteiger charge is 2.47. The Morgan fingerprint density at radius 2 is 0.582 bits per heavy atom. The topological polar surface area (TPSA) is 11.4 Å². The van der Waals surface area contributed by atoms with Crippen molar-refractivity contribution in [2.24, 2.45) is 0 Å². The molecule has 3 heterocycles. The molecule has 0 aliphatic carbocycles. The van der Waals surface area contributed by atoms with E-state index in [0.29, 0.717) is 5.69 Å². The average Bonchev–Trinajstić information content (AvgIpc) is 0.733. The first-order valence-corrected chi connectivity index (χ1v) is 39.3. The predicted octanol–water partition coefficient (Wildman–Crippen LogP) is 28.0. The molecule has 550 valence electrons. The molecule has 0 amide bonds. The van der Waals surface area contributed by atoms with Gasteiger partial charge >= 0.3 is 0 Å². The second-order valence-corrected chi connectivity index (χ2v) is 38.2. The summed E-state index contributed by atoms with van der Waals surface area (Å²) < 4.78 is 78.3. The maximum Gasteiger partial charge on any atom is 0.252 e. The van der Waals surface area contributed by atoms with E-state index < -0.39 is 43.0 Å². The van der Waals surface area contributed by atoms with E-state index in [-0.39, 0.29) is 71.8 Å². The summed E-state index contributed by atoms with van der Waals surface area (Å²) in [5, 5.41) is 0.0254. The van der Waals surface area contributed by atoms with Gasteiger partial charge in [0, 0.05) is 61.5 Å². The first-order chi connectivity index (χ1) is 55.3. The van der Waals surface area contributed by atoms with Gasteiger partial charge in [-0.2, -0.15) is 0 Å². The van der Waals surface area contributed by atoms with Crippen molar-refractivity contribution in [1.82, 2.24) is 4.57 Å². The Labute approximate surface area is 668 Å². The van der Waals surface area contributed by atoms with E-state index in [4.69, 9.17) is 0 Å². The molecule has 0 bridgehead atoms. The van der Waals surface area contributed by atoms with Crippen LogP contribution in [0.25, 0.3) is 94.3 Å². The quantitative estimate of drug-likeness (QED) is 0.133. The van der Waals surface area contributed by atoms with Crippen molar-refractivity contribution < 1.29 is 11.0 Å². The number of rotatable bonds is 9. The Balaban J connectivity index is 1.15. The largest absolute Gasteiger partial charge is 0.310 e. The fourth-order valence-corrected chi connectivity index (χ4v) is 16.5. The summed E-state index contributed by atoms with van der Waals surface area (Å²) in [4.78, 5) is 5.13. The average molecular weight is 1440 g/mol. The Morgan fingerprint density at radius 3 is 0.945 bits per heavy atom. The van der Waals surface area contributed by atoms with Gasteiger partial charge in [0.2, 0.25) is 0 Å². The smallest absolute Gasteiger partial charge is 0.252 e. The summed E-state index contributed by atoms with van der Waals surface area (Å²) in [5.74, 6) is 0. The molecule has 1 aromatic heterocycles. The van der Waals surface area contributed by atoms with Crippen molar-refractivity contribution in [3.63, 3.8) is 0 Å². The molecule has 0 saturated carbocycles. The zero-order chi connectivity index (χ0) is 84.6. The third-order valence-corrected chi connectivity index (χ3v) is 23.2. The standard InChI is InChI=1S/C106H108BN3/c1-100(2,3)75-46-35-68(36-47-75)74-60-95-97-96(61-74)110(99-87(71-41-52-78(53-42-71)103(10,11)12)64-81(106(19,20)21)65-88(99)72-43-54-79(55-44-72)104(13,14)15)94-66-82(108-91-33-27-25-31-83(91)84-32-26-28-34-92(84)108)56-57-89(94)107(97)90-59-73(67-29-23-22-24-30-67)45-58-93(90)109(95)98-85(69-37-48-76(49-38-69)101(4,5)6)62-80(105(16,17)18)63-86(98)70-39-50-77(51-40-70)102(7,8)9/h22-66H,1-21H3/i25D,26D,27D,28D,31D,32D,33D,34D. The number of aromatic nitrogens is 1. The van der Waals surface area contributed by atoms with Crippen molar-refractivity contribution in [3.05, 3.63) is 312 Å². The van der Waals surface area contributed by atoms with Crippen molar-refractivity contribution in [2.45, 2.75) is 183 Å². The lowest BCUT2D eigenvalue weighted by Crippen LogP contribution is -2.61. The lowest BCUT2D eigenvalue weighted by atomic mass is 9.33. The van der Waals surface area contributed by atoms with Crippen LogP contribution in [-0.4, -0.2) is 11.3 Å². The van der Waals surface area contributed by atoms with Gasteiger partial charge in [-0.05, 0) is 204 Å². The van der Waals surface area contributed by atoms with Crippen molar-refractivity contribution in [1.29, 1.82) is 0 Å². The summed E-state index contributed by atoms with van der Waals surface area (Å²) in [6.45, 7) is 47.3. The second kappa shape index (κ2) is 26.5. The van der Waals surface area contributed by atoms with E-state index in [1.54, 1.807) is 4.57 Å². The first kappa shape index (κ1) is 64.2. The molecule has 0 N–H and O–H groups in total. The van der Waals surface area contributed by atoms with Gasteiger partial charge in [0.1, 0.15) is 0 Å². The minimum Gasteiger partial charge on any atom is -0.310 e. The maximum absolute atomic E-state index is 9.99. The van der Waals surface area contributed by atoms with Gasteiger partial charge in [0.15, 0.2) is 0 Å². The number of benzene rings is 13. The van der Waals surface area contributed by atoms with Crippen LogP contribution in [0.15, 0.2) is 273 Å². The van der Waals surface area contributed by atoms with E-state index >= 15 is 0 Å². The molecule has 0 spiro atoms. The van der Waals surface area contributed by atoms with Crippen LogP contribution in [0.2, 0.25) is 0 Å². The maximum atomic E-state index is 9.99. The van der Waals surface area contributed by atoms with Gasteiger partial charge < -0.3 is 14.4 Å². The molecular weight excluding hydrogens is 1330 g/mol. The van der Waals surface area contributed by atoms with Gasteiger partial charge in [0.05, 0.1) is 33.4 Å². The highest BCUT2D eigenvalue weighted by Crippen LogP contribution is 2.56. The van der Waals surface area contributed by atoms with Crippen molar-refractivity contribution >= 4 is 79.0 Å². The minimum atomic E-state index is -0.527. The number of hydrogen-bond acceptors (Lipinski definition) is 2. The summed E-state index contributed by atoms with van der Waals surface area (Å²) in [5.41, 5.74) is 28.4. The van der Waals surface area contributed by atoms with Gasteiger partial charge in [-0.3, -0.25) is 0 Å².